The molecule has 0 unspecified atom stereocenters. The third-order valence-electron chi connectivity index (χ3n) is 4.88. The standard InChI is InChI=1S/C21H26N6O3/c1-11-12(2)22-20(24-19(11)29)27-17(10-16(25-27)21(5,6)7)23-18(28)9-8-15-13(3)26-30-14(15)4/h10H,1,8-9H2,2-7H3,(H,23,28). The van der Waals surface area contributed by atoms with Crippen molar-refractivity contribution >= 4 is 29.3 Å². The van der Waals surface area contributed by atoms with Gasteiger partial charge in [-0.2, -0.15) is 14.8 Å². The summed E-state index contributed by atoms with van der Waals surface area (Å²) in [5.74, 6) is 0.534. The number of aryl methyl sites for hydroxylation is 2. The number of amides is 2. The zero-order valence-corrected chi connectivity index (χ0v) is 18.2. The van der Waals surface area contributed by atoms with Gasteiger partial charge in [-0.15, -0.1) is 0 Å². The molecule has 9 nitrogen and oxygen atoms in total. The van der Waals surface area contributed by atoms with Crippen molar-refractivity contribution in [2.45, 2.75) is 59.8 Å². The first-order chi connectivity index (χ1) is 14.0. The molecule has 0 radical (unpaired) electrons. The minimum absolute atomic E-state index is 0.0985. The molecule has 1 aliphatic rings. The lowest BCUT2D eigenvalue weighted by Gasteiger charge is -2.14. The maximum Gasteiger partial charge on any atom is 0.281 e. The zero-order chi connectivity index (χ0) is 22.2. The Bertz CT molecular complexity index is 1080. The van der Waals surface area contributed by atoms with E-state index in [1.165, 1.54) is 4.68 Å². The van der Waals surface area contributed by atoms with Gasteiger partial charge < -0.3 is 9.84 Å². The Balaban J connectivity index is 1.87. The molecule has 1 N–H and O–H groups in total. The lowest BCUT2D eigenvalue weighted by molar-refractivity contribution is -0.116. The molecule has 1 aliphatic heterocycles. The van der Waals surface area contributed by atoms with Crippen LogP contribution >= 0.6 is 0 Å². The number of carbonyl (C=O) groups excluding carboxylic acids is 2. The predicted molar refractivity (Wildman–Crippen MR) is 114 cm³/mol. The summed E-state index contributed by atoms with van der Waals surface area (Å²) in [5.41, 5.74) is 2.87. The Morgan fingerprint density at radius 3 is 2.50 bits per heavy atom. The van der Waals surface area contributed by atoms with Gasteiger partial charge in [-0.25, -0.2) is 4.99 Å². The number of nitrogens with one attached hydrogen (secondary N) is 1. The first kappa shape index (κ1) is 21.4. The van der Waals surface area contributed by atoms with Gasteiger partial charge in [0.1, 0.15) is 11.6 Å². The highest BCUT2D eigenvalue weighted by molar-refractivity contribution is 6.27. The van der Waals surface area contributed by atoms with E-state index in [0.29, 0.717) is 23.7 Å². The van der Waals surface area contributed by atoms with Crippen molar-refractivity contribution < 1.29 is 14.1 Å². The molecule has 0 aliphatic carbocycles. The second-order valence-electron chi connectivity index (χ2n) is 8.32. The Hall–Kier alpha value is -3.36. The first-order valence-electron chi connectivity index (χ1n) is 9.67. The highest BCUT2D eigenvalue weighted by Gasteiger charge is 2.25. The molecule has 0 atom stereocenters. The summed E-state index contributed by atoms with van der Waals surface area (Å²) in [5, 5.41) is 11.3. The molecule has 9 heteroatoms. The lowest BCUT2D eigenvalue weighted by atomic mass is 9.92. The average Bonchev–Trinajstić information content (AvgIpc) is 3.21. The lowest BCUT2D eigenvalue weighted by Crippen LogP contribution is -2.25. The molecule has 0 aromatic carbocycles. The summed E-state index contributed by atoms with van der Waals surface area (Å²) >= 11 is 0. The van der Waals surface area contributed by atoms with Crippen LogP contribution in [-0.2, 0) is 21.4 Å². The van der Waals surface area contributed by atoms with Crippen molar-refractivity contribution in [3.05, 3.63) is 40.9 Å². The average molecular weight is 410 g/mol. The molecular formula is C21H26N6O3. The van der Waals surface area contributed by atoms with E-state index in [1.807, 2.05) is 34.6 Å². The minimum Gasteiger partial charge on any atom is -0.361 e. The quantitative estimate of drug-likeness (QED) is 0.778. The van der Waals surface area contributed by atoms with Crippen LogP contribution in [0.4, 0.5) is 5.82 Å². The van der Waals surface area contributed by atoms with Gasteiger partial charge in [0.2, 0.25) is 5.91 Å². The summed E-state index contributed by atoms with van der Waals surface area (Å²) < 4.78 is 6.54. The fraction of sp³-hybridized carbons (Fsp3) is 0.429. The van der Waals surface area contributed by atoms with Gasteiger partial charge in [0.05, 0.1) is 22.7 Å². The van der Waals surface area contributed by atoms with E-state index < -0.39 is 5.91 Å². The number of aromatic nitrogens is 3. The monoisotopic (exact) mass is 410 g/mol. The van der Waals surface area contributed by atoms with Crippen molar-refractivity contribution in [2.24, 2.45) is 9.98 Å². The topological polar surface area (TPSA) is 115 Å². The van der Waals surface area contributed by atoms with Gasteiger partial charge in [-0.1, -0.05) is 32.5 Å². The van der Waals surface area contributed by atoms with E-state index >= 15 is 0 Å². The maximum atomic E-state index is 12.6. The van der Waals surface area contributed by atoms with Crippen LogP contribution in [0, 0.1) is 13.8 Å². The normalized spacial score (nSPS) is 14.6. The summed E-state index contributed by atoms with van der Waals surface area (Å²) in [7, 11) is 0. The third-order valence-corrected chi connectivity index (χ3v) is 4.88. The van der Waals surface area contributed by atoms with Gasteiger partial charge >= 0.3 is 0 Å². The number of hydrogen-bond donors (Lipinski definition) is 1. The maximum absolute atomic E-state index is 12.6. The number of nitrogens with zero attached hydrogens (tertiary/aromatic N) is 5. The number of anilines is 1. The Labute approximate surface area is 175 Å². The van der Waals surface area contributed by atoms with Gasteiger partial charge in [0.25, 0.3) is 11.9 Å². The molecule has 0 saturated heterocycles. The van der Waals surface area contributed by atoms with E-state index in [2.05, 4.69) is 32.1 Å². The van der Waals surface area contributed by atoms with Crippen LogP contribution in [0.15, 0.2) is 32.7 Å². The molecule has 158 valence electrons. The van der Waals surface area contributed by atoms with Crippen molar-refractivity contribution in [1.82, 2.24) is 14.9 Å². The summed E-state index contributed by atoms with van der Waals surface area (Å²) in [6.45, 7) is 15.1. The van der Waals surface area contributed by atoms with Gasteiger partial charge in [0, 0.05) is 23.5 Å². The van der Waals surface area contributed by atoms with Gasteiger partial charge in [-0.3, -0.25) is 9.59 Å². The van der Waals surface area contributed by atoms with Crippen LogP contribution in [0.1, 0.15) is 56.8 Å². The van der Waals surface area contributed by atoms with Crippen LogP contribution in [0.5, 0.6) is 0 Å². The second kappa shape index (κ2) is 7.81. The van der Waals surface area contributed by atoms with Gasteiger partial charge in [-0.05, 0) is 27.2 Å². The molecule has 2 aromatic heterocycles. The minimum atomic E-state index is -0.471. The van der Waals surface area contributed by atoms with Crippen LogP contribution in [0.2, 0.25) is 0 Å². The fourth-order valence-corrected chi connectivity index (χ4v) is 2.94. The largest absolute Gasteiger partial charge is 0.361 e. The molecule has 2 aromatic rings. The number of rotatable bonds is 4. The van der Waals surface area contributed by atoms with Crippen molar-refractivity contribution in [1.29, 1.82) is 0 Å². The number of hydrogen-bond acceptors (Lipinski definition) is 6. The molecule has 0 spiro atoms. The Morgan fingerprint density at radius 2 is 1.93 bits per heavy atom. The fourth-order valence-electron chi connectivity index (χ4n) is 2.94. The molecule has 0 bridgehead atoms. The highest BCUT2D eigenvalue weighted by atomic mass is 16.5. The van der Waals surface area contributed by atoms with Crippen LogP contribution < -0.4 is 5.32 Å². The molecule has 3 heterocycles. The van der Waals surface area contributed by atoms with E-state index in [1.54, 1.807) is 13.0 Å². The molecule has 30 heavy (non-hydrogen) atoms. The molecule has 2 amide bonds. The number of aliphatic imine (C=N–C) groups is 2. The van der Waals surface area contributed by atoms with Crippen molar-refractivity contribution in [3.63, 3.8) is 0 Å². The van der Waals surface area contributed by atoms with Gasteiger partial charge in [0.15, 0.2) is 0 Å². The van der Waals surface area contributed by atoms with E-state index in [4.69, 9.17) is 4.52 Å². The first-order valence-corrected chi connectivity index (χ1v) is 9.67. The SMILES string of the molecule is C=C1C(=O)N=C(n2nc(C(C)(C)C)cc2NC(=O)CCc2c(C)noc2C)N=C1C. The third kappa shape index (κ3) is 4.29. The molecule has 0 saturated carbocycles. The highest BCUT2D eigenvalue weighted by Crippen LogP contribution is 2.25. The van der Waals surface area contributed by atoms with Crippen LogP contribution in [0.3, 0.4) is 0 Å². The Kier molecular flexibility index (Phi) is 5.56. The predicted octanol–water partition coefficient (Wildman–Crippen LogP) is 3.12. The zero-order valence-electron chi connectivity index (χ0n) is 18.2. The van der Waals surface area contributed by atoms with E-state index in [-0.39, 0.29) is 29.3 Å². The summed E-state index contributed by atoms with van der Waals surface area (Å²) in [6.07, 6.45) is 0.743. The summed E-state index contributed by atoms with van der Waals surface area (Å²) in [4.78, 5) is 33.1. The van der Waals surface area contributed by atoms with E-state index in [0.717, 1.165) is 17.0 Å². The molecular weight excluding hydrogens is 384 g/mol. The smallest absolute Gasteiger partial charge is 0.281 e. The Morgan fingerprint density at radius 1 is 1.23 bits per heavy atom. The van der Waals surface area contributed by atoms with Crippen molar-refractivity contribution in [2.75, 3.05) is 5.32 Å². The van der Waals surface area contributed by atoms with Crippen LogP contribution in [0.25, 0.3) is 0 Å². The second-order valence-corrected chi connectivity index (χ2v) is 8.32. The van der Waals surface area contributed by atoms with E-state index in [9.17, 15) is 9.59 Å². The summed E-state index contributed by atoms with van der Waals surface area (Å²) in [6, 6.07) is 1.77. The van der Waals surface area contributed by atoms with Crippen molar-refractivity contribution in [3.8, 4) is 0 Å². The molecule has 0 fully saturated rings. The van der Waals surface area contributed by atoms with Crippen LogP contribution in [-0.4, -0.2) is 38.4 Å². The number of carbonyl (C=O) groups is 2. The molecule has 3 rings (SSSR count).